The molecule has 0 aliphatic carbocycles. The molecular formula is C12H18ClNO. The Labute approximate surface area is 96.4 Å². The molecule has 0 atom stereocenters. The van der Waals surface area contributed by atoms with Gasteiger partial charge in [-0.25, -0.2) is 0 Å². The summed E-state index contributed by atoms with van der Waals surface area (Å²) in [6.07, 6.45) is 2.22. The van der Waals surface area contributed by atoms with E-state index in [1.165, 1.54) is 0 Å². The van der Waals surface area contributed by atoms with Gasteiger partial charge in [0, 0.05) is 6.54 Å². The molecule has 1 rings (SSSR count). The molecule has 0 bridgehead atoms. The molecule has 0 saturated heterocycles. The van der Waals surface area contributed by atoms with Crippen LogP contribution in [0.15, 0.2) is 18.2 Å². The van der Waals surface area contributed by atoms with Crippen molar-refractivity contribution in [1.29, 1.82) is 0 Å². The summed E-state index contributed by atoms with van der Waals surface area (Å²) in [5.41, 5.74) is 6.55. The Morgan fingerprint density at radius 2 is 2.00 bits per heavy atom. The van der Waals surface area contributed by atoms with E-state index in [1.54, 1.807) is 0 Å². The van der Waals surface area contributed by atoms with Crippen LogP contribution >= 0.6 is 11.6 Å². The highest BCUT2D eigenvalue weighted by Crippen LogP contribution is 2.27. The van der Waals surface area contributed by atoms with E-state index in [4.69, 9.17) is 22.1 Å². The summed E-state index contributed by atoms with van der Waals surface area (Å²) in [4.78, 5) is 0. The molecule has 1 aromatic rings. The molecule has 2 nitrogen and oxygen atoms in total. The third kappa shape index (κ3) is 3.40. The summed E-state index contributed by atoms with van der Waals surface area (Å²) < 4.78 is 5.77. The van der Waals surface area contributed by atoms with E-state index in [0.717, 1.165) is 24.2 Å². The minimum absolute atomic E-state index is 0.242. The van der Waals surface area contributed by atoms with Gasteiger partial charge in [-0.15, -0.1) is 0 Å². The molecule has 84 valence electrons. The minimum atomic E-state index is 0.242. The molecule has 0 aromatic heterocycles. The zero-order chi connectivity index (χ0) is 11.3. The maximum atomic E-state index is 6.09. The smallest absolute Gasteiger partial charge is 0.138 e. The van der Waals surface area contributed by atoms with E-state index in [9.17, 15) is 0 Å². The largest absolute Gasteiger partial charge is 0.489 e. The van der Waals surface area contributed by atoms with E-state index < -0.39 is 0 Å². The van der Waals surface area contributed by atoms with Crippen molar-refractivity contribution in [2.75, 3.05) is 0 Å². The minimum Gasteiger partial charge on any atom is -0.489 e. The first-order valence-corrected chi connectivity index (χ1v) is 5.74. The molecule has 0 saturated carbocycles. The van der Waals surface area contributed by atoms with Crippen LogP contribution in [0.1, 0.15) is 32.3 Å². The summed E-state index contributed by atoms with van der Waals surface area (Å²) in [6, 6.07) is 5.70. The molecule has 0 heterocycles. The van der Waals surface area contributed by atoms with Gasteiger partial charge in [0.05, 0.1) is 11.1 Å². The number of hydrogen-bond acceptors (Lipinski definition) is 2. The predicted octanol–water partition coefficient (Wildman–Crippen LogP) is 3.37. The van der Waals surface area contributed by atoms with Crippen LogP contribution in [0.2, 0.25) is 5.02 Å². The summed E-state index contributed by atoms with van der Waals surface area (Å²) in [5.74, 6) is 0.752. The van der Waals surface area contributed by atoms with Crippen LogP contribution in [0.5, 0.6) is 5.75 Å². The number of hydrogen-bond donors (Lipinski definition) is 1. The first-order chi connectivity index (χ1) is 7.21. The zero-order valence-electron chi connectivity index (χ0n) is 9.29. The van der Waals surface area contributed by atoms with Gasteiger partial charge in [0.15, 0.2) is 0 Å². The monoisotopic (exact) mass is 227 g/mol. The lowest BCUT2D eigenvalue weighted by Gasteiger charge is -2.16. The molecule has 0 aliphatic rings. The number of ether oxygens (including phenoxy) is 1. The van der Waals surface area contributed by atoms with Crippen molar-refractivity contribution in [3.8, 4) is 5.75 Å². The SMILES string of the molecule is CCC(CC)Oc1ccc(CN)cc1Cl. The molecule has 3 heteroatoms. The second-order valence-corrected chi connectivity index (χ2v) is 3.93. The van der Waals surface area contributed by atoms with Crippen molar-refractivity contribution in [2.24, 2.45) is 5.73 Å². The fourth-order valence-corrected chi connectivity index (χ4v) is 1.65. The van der Waals surface area contributed by atoms with Crippen molar-refractivity contribution in [1.82, 2.24) is 0 Å². The molecule has 1 aromatic carbocycles. The second kappa shape index (κ2) is 5.99. The standard InChI is InChI=1S/C12H18ClNO/c1-3-10(4-2)15-12-6-5-9(8-14)7-11(12)13/h5-7,10H,3-4,8,14H2,1-2H3. The fourth-order valence-electron chi connectivity index (χ4n) is 1.40. The summed E-state index contributed by atoms with van der Waals surface area (Å²) in [6.45, 7) is 4.72. The summed E-state index contributed by atoms with van der Waals surface area (Å²) in [7, 11) is 0. The second-order valence-electron chi connectivity index (χ2n) is 3.53. The molecule has 0 aliphatic heterocycles. The van der Waals surface area contributed by atoms with Gasteiger partial charge in [-0.2, -0.15) is 0 Å². The topological polar surface area (TPSA) is 35.2 Å². The van der Waals surface area contributed by atoms with Crippen molar-refractivity contribution in [2.45, 2.75) is 39.3 Å². The van der Waals surface area contributed by atoms with Gasteiger partial charge in [0.2, 0.25) is 0 Å². The van der Waals surface area contributed by atoms with E-state index in [1.807, 2.05) is 18.2 Å². The lowest BCUT2D eigenvalue weighted by molar-refractivity contribution is 0.193. The van der Waals surface area contributed by atoms with E-state index >= 15 is 0 Å². The van der Waals surface area contributed by atoms with Gasteiger partial charge in [-0.05, 0) is 30.5 Å². The van der Waals surface area contributed by atoms with Gasteiger partial charge in [0.1, 0.15) is 5.75 Å². The lowest BCUT2D eigenvalue weighted by Crippen LogP contribution is -2.13. The summed E-state index contributed by atoms with van der Waals surface area (Å²) in [5, 5.41) is 0.643. The Kier molecular flexibility index (Phi) is 4.92. The van der Waals surface area contributed by atoms with Crippen LogP contribution in [0, 0.1) is 0 Å². The molecule has 0 amide bonds. The number of nitrogens with two attached hydrogens (primary N) is 1. The van der Waals surface area contributed by atoms with Gasteiger partial charge in [-0.1, -0.05) is 31.5 Å². The van der Waals surface area contributed by atoms with Crippen LogP contribution in [0.4, 0.5) is 0 Å². The van der Waals surface area contributed by atoms with Gasteiger partial charge in [-0.3, -0.25) is 0 Å². The van der Waals surface area contributed by atoms with Crippen LogP contribution in [-0.2, 0) is 6.54 Å². The molecule has 15 heavy (non-hydrogen) atoms. The Hall–Kier alpha value is -0.730. The van der Waals surface area contributed by atoms with Crippen LogP contribution in [0.3, 0.4) is 0 Å². The van der Waals surface area contributed by atoms with Crippen molar-refractivity contribution in [3.05, 3.63) is 28.8 Å². The average Bonchev–Trinajstić information content (AvgIpc) is 2.27. The van der Waals surface area contributed by atoms with E-state index in [0.29, 0.717) is 11.6 Å². The number of rotatable bonds is 5. The maximum absolute atomic E-state index is 6.09. The molecule has 0 unspecified atom stereocenters. The highest BCUT2D eigenvalue weighted by atomic mass is 35.5. The van der Waals surface area contributed by atoms with Gasteiger partial charge in [0.25, 0.3) is 0 Å². The Morgan fingerprint density at radius 1 is 1.33 bits per heavy atom. The first-order valence-electron chi connectivity index (χ1n) is 5.36. The molecule has 0 fully saturated rings. The molecular weight excluding hydrogens is 210 g/mol. The first kappa shape index (κ1) is 12.3. The molecule has 0 radical (unpaired) electrons. The number of benzene rings is 1. The fraction of sp³-hybridized carbons (Fsp3) is 0.500. The third-order valence-corrected chi connectivity index (χ3v) is 2.73. The van der Waals surface area contributed by atoms with E-state index in [-0.39, 0.29) is 6.10 Å². The predicted molar refractivity (Wildman–Crippen MR) is 64.3 cm³/mol. The highest BCUT2D eigenvalue weighted by Gasteiger charge is 2.08. The van der Waals surface area contributed by atoms with Crippen LogP contribution in [0.25, 0.3) is 0 Å². The number of halogens is 1. The Bertz CT molecular complexity index is 310. The molecule has 2 N–H and O–H groups in total. The van der Waals surface area contributed by atoms with Crippen molar-refractivity contribution in [3.63, 3.8) is 0 Å². The van der Waals surface area contributed by atoms with Crippen molar-refractivity contribution >= 4 is 11.6 Å². The Balaban J connectivity index is 2.77. The quantitative estimate of drug-likeness (QED) is 0.837. The maximum Gasteiger partial charge on any atom is 0.138 e. The van der Waals surface area contributed by atoms with Crippen LogP contribution in [-0.4, -0.2) is 6.10 Å². The van der Waals surface area contributed by atoms with Gasteiger partial charge < -0.3 is 10.5 Å². The van der Waals surface area contributed by atoms with Crippen molar-refractivity contribution < 1.29 is 4.74 Å². The lowest BCUT2D eigenvalue weighted by atomic mass is 10.2. The summed E-state index contributed by atoms with van der Waals surface area (Å²) >= 11 is 6.09. The normalized spacial score (nSPS) is 10.7. The van der Waals surface area contributed by atoms with Crippen LogP contribution < -0.4 is 10.5 Å². The Morgan fingerprint density at radius 3 is 2.47 bits per heavy atom. The molecule has 0 spiro atoms. The third-order valence-electron chi connectivity index (χ3n) is 2.44. The van der Waals surface area contributed by atoms with E-state index in [2.05, 4.69) is 13.8 Å². The average molecular weight is 228 g/mol. The zero-order valence-corrected chi connectivity index (χ0v) is 10.1. The highest BCUT2D eigenvalue weighted by molar-refractivity contribution is 6.32. The van der Waals surface area contributed by atoms with Gasteiger partial charge >= 0.3 is 0 Å².